The summed E-state index contributed by atoms with van der Waals surface area (Å²) in [6.07, 6.45) is 7.47. The summed E-state index contributed by atoms with van der Waals surface area (Å²) in [5.74, 6) is -0.515. The van der Waals surface area contributed by atoms with Crippen molar-refractivity contribution in [2.45, 2.75) is 64.2 Å². The molecule has 2 rings (SSSR count). The molecule has 2 aliphatic rings. The summed E-state index contributed by atoms with van der Waals surface area (Å²) in [5.41, 5.74) is -0.856. The standard InChI is InChI=1S/C18H27NO5/c1-17(2,3)24-16(21)19-12-18(4,22)10-14(19)15(20)23-11-13-8-6-5-7-9-13/h6,8-9,14,22H,5,7,10-12H2,1-4H3. The molecule has 1 aliphatic carbocycles. The van der Waals surface area contributed by atoms with E-state index < -0.39 is 29.3 Å². The summed E-state index contributed by atoms with van der Waals surface area (Å²) in [7, 11) is 0. The lowest BCUT2D eigenvalue weighted by Gasteiger charge is -2.27. The van der Waals surface area contributed by atoms with Gasteiger partial charge >= 0.3 is 12.1 Å². The minimum absolute atomic E-state index is 0.0459. The maximum Gasteiger partial charge on any atom is 0.411 e. The van der Waals surface area contributed by atoms with Gasteiger partial charge in [0.1, 0.15) is 18.2 Å². The van der Waals surface area contributed by atoms with Crippen LogP contribution in [0.4, 0.5) is 4.79 Å². The number of β-amino-alcohol motifs (C(OH)–C–C–N with tert-alkyl or cyclic N) is 1. The van der Waals surface area contributed by atoms with Gasteiger partial charge in [-0.3, -0.25) is 4.90 Å². The molecule has 24 heavy (non-hydrogen) atoms. The van der Waals surface area contributed by atoms with E-state index in [2.05, 4.69) is 0 Å². The highest BCUT2D eigenvalue weighted by molar-refractivity contribution is 5.82. The van der Waals surface area contributed by atoms with Crippen molar-refractivity contribution in [1.29, 1.82) is 0 Å². The highest BCUT2D eigenvalue weighted by Gasteiger charge is 2.47. The van der Waals surface area contributed by atoms with Crippen LogP contribution in [-0.4, -0.2) is 52.5 Å². The molecule has 1 heterocycles. The molecule has 1 fully saturated rings. The van der Waals surface area contributed by atoms with Gasteiger partial charge < -0.3 is 14.6 Å². The third kappa shape index (κ3) is 5.09. The van der Waals surface area contributed by atoms with Crippen molar-refractivity contribution >= 4 is 12.1 Å². The Morgan fingerprint density at radius 1 is 1.38 bits per heavy atom. The van der Waals surface area contributed by atoms with Gasteiger partial charge in [0.2, 0.25) is 0 Å². The first-order chi connectivity index (χ1) is 11.1. The number of aliphatic hydroxyl groups is 1. The van der Waals surface area contributed by atoms with Gasteiger partial charge in [-0.1, -0.05) is 18.2 Å². The summed E-state index contributed by atoms with van der Waals surface area (Å²) in [4.78, 5) is 26.0. The molecule has 0 aromatic heterocycles. The van der Waals surface area contributed by atoms with Crippen molar-refractivity contribution in [3.63, 3.8) is 0 Å². The molecular weight excluding hydrogens is 310 g/mol. The number of carbonyl (C=O) groups is 2. The van der Waals surface area contributed by atoms with E-state index in [1.807, 2.05) is 18.2 Å². The molecule has 0 radical (unpaired) electrons. The van der Waals surface area contributed by atoms with Crippen LogP contribution in [0.3, 0.4) is 0 Å². The quantitative estimate of drug-likeness (QED) is 0.801. The number of ether oxygens (including phenoxy) is 2. The van der Waals surface area contributed by atoms with Gasteiger partial charge in [-0.15, -0.1) is 0 Å². The highest BCUT2D eigenvalue weighted by atomic mass is 16.6. The highest BCUT2D eigenvalue weighted by Crippen LogP contribution is 2.29. The molecule has 2 unspecified atom stereocenters. The Morgan fingerprint density at radius 3 is 2.67 bits per heavy atom. The van der Waals surface area contributed by atoms with E-state index in [-0.39, 0.29) is 19.6 Å². The van der Waals surface area contributed by atoms with Gasteiger partial charge in [-0.25, -0.2) is 9.59 Å². The van der Waals surface area contributed by atoms with E-state index in [0.717, 1.165) is 18.4 Å². The largest absolute Gasteiger partial charge is 0.459 e. The van der Waals surface area contributed by atoms with Gasteiger partial charge in [-0.2, -0.15) is 0 Å². The van der Waals surface area contributed by atoms with Crippen molar-refractivity contribution in [3.8, 4) is 0 Å². The SMILES string of the molecule is CC1(O)CC(C(=O)OCC2=CCCC=C2)N(C(=O)OC(C)(C)C)C1. The maximum absolute atomic E-state index is 12.4. The molecule has 1 saturated heterocycles. The van der Waals surface area contributed by atoms with Gasteiger partial charge in [0, 0.05) is 6.42 Å². The van der Waals surface area contributed by atoms with Crippen molar-refractivity contribution in [1.82, 2.24) is 4.90 Å². The second-order valence-corrected chi connectivity index (χ2v) is 7.69. The van der Waals surface area contributed by atoms with Crippen LogP contribution in [0.5, 0.6) is 0 Å². The molecule has 1 aliphatic heterocycles. The fourth-order valence-electron chi connectivity index (χ4n) is 2.82. The number of hydrogen-bond acceptors (Lipinski definition) is 5. The Balaban J connectivity index is 2.01. The predicted molar refractivity (Wildman–Crippen MR) is 89.4 cm³/mol. The maximum atomic E-state index is 12.4. The van der Waals surface area contributed by atoms with E-state index in [0.29, 0.717) is 0 Å². The number of amides is 1. The van der Waals surface area contributed by atoms with Crippen LogP contribution in [0, 0.1) is 0 Å². The number of carbonyl (C=O) groups excluding carboxylic acids is 2. The lowest BCUT2D eigenvalue weighted by atomic mass is 10.0. The monoisotopic (exact) mass is 337 g/mol. The zero-order valence-electron chi connectivity index (χ0n) is 14.9. The topological polar surface area (TPSA) is 76.1 Å². The summed E-state index contributed by atoms with van der Waals surface area (Å²) < 4.78 is 10.7. The number of nitrogens with zero attached hydrogens (tertiary/aromatic N) is 1. The van der Waals surface area contributed by atoms with Crippen LogP contribution >= 0.6 is 0 Å². The van der Waals surface area contributed by atoms with Crippen LogP contribution in [-0.2, 0) is 14.3 Å². The van der Waals surface area contributed by atoms with Gasteiger partial charge in [-0.05, 0) is 46.1 Å². The van der Waals surface area contributed by atoms with Gasteiger partial charge in [0.25, 0.3) is 0 Å². The predicted octanol–water partition coefficient (Wildman–Crippen LogP) is 2.57. The fraction of sp³-hybridized carbons (Fsp3) is 0.667. The number of rotatable bonds is 3. The minimum atomic E-state index is -1.13. The van der Waals surface area contributed by atoms with Crippen LogP contribution in [0.25, 0.3) is 0 Å². The Bertz CT molecular complexity index is 556. The first-order valence-electron chi connectivity index (χ1n) is 8.32. The number of likely N-dealkylation sites (tertiary alicyclic amines) is 1. The first kappa shape index (κ1) is 18.5. The Hall–Kier alpha value is -1.82. The number of esters is 1. The second-order valence-electron chi connectivity index (χ2n) is 7.69. The Morgan fingerprint density at radius 2 is 2.08 bits per heavy atom. The van der Waals surface area contributed by atoms with Crippen LogP contribution in [0.1, 0.15) is 47.0 Å². The first-order valence-corrected chi connectivity index (χ1v) is 8.32. The summed E-state index contributed by atoms with van der Waals surface area (Å²) >= 11 is 0. The van der Waals surface area contributed by atoms with Crippen molar-refractivity contribution < 1.29 is 24.2 Å². The smallest absolute Gasteiger partial charge is 0.411 e. The molecule has 1 N–H and O–H groups in total. The van der Waals surface area contributed by atoms with Crippen LogP contribution in [0.15, 0.2) is 23.8 Å². The average molecular weight is 337 g/mol. The summed E-state index contributed by atoms with van der Waals surface area (Å²) in [6.45, 7) is 7.10. The second kappa shape index (κ2) is 6.97. The van der Waals surface area contributed by atoms with Crippen LogP contribution < -0.4 is 0 Å². The van der Waals surface area contributed by atoms with E-state index in [1.54, 1.807) is 27.7 Å². The zero-order valence-corrected chi connectivity index (χ0v) is 14.9. The number of allylic oxidation sites excluding steroid dienone is 2. The molecule has 0 spiro atoms. The van der Waals surface area contributed by atoms with E-state index in [4.69, 9.17) is 9.47 Å². The molecule has 0 saturated carbocycles. The molecule has 0 aromatic carbocycles. The molecule has 1 amide bonds. The van der Waals surface area contributed by atoms with Crippen molar-refractivity contribution in [3.05, 3.63) is 23.8 Å². The normalized spacial score (nSPS) is 27.0. The summed E-state index contributed by atoms with van der Waals surface area (Å²) in [5, 5.41) is 10.3. The van der Waals surface area contributed by atoms with E-state index >= 15 is 0 Å². The molecule has 2 atom stereocenters. The zero-order chi connectivity index (χ0) is 18.0. The number of hydrogen-bond donors (Lipinski definition) is 1. The molecule has 134 valence electrons. The molecular formula is C18H27NO5. The van der Waals surface area contributed by atoms with Gasteiger partial charge in [0.15, 0.2) is 0 Å². The van der Waals surface area contributed by atoms with Gasteiger partial charge in [0.05, 0.1) is 12.1 Å². The third-order valence-corrected chi connectivity index (χ3v) is 3.87. The molecule has 0 bridgehead atoms. The van der Waals surface area contributed by atoms with E-state index in [9.17, 15) is 14.7 Å². The molecule has 6 nitrogen and oxygen atoms in total. The van der Waals surface area contributed by atoms with Crippen molar-refractivity contribution in [2.24, 2.45) is 0 Å². The Kier molecular flexibility index (Phi) is 5.38. The Labute approximate surface area is 143 Å². The average Bonchev–Trinajstić information content (AvgIpc) is 2.80. The minimum Gasteiger partial charge on any atom is -0.459 e. The lowest BCUT2D eigenvalue weighted by Crippen LogP contribution is -2.44. The van der Waals surface area contributed by atoms with E-state index in [1.165, 1.54) is 4.90 Å². The third-order valence-electron chi connectivity index (χ3n) is 3.87. The lowest BCUT2D eigenvalue weighted by molar-refractivity contribution is -0.147. The summed E-state index contributed by atoms with van der Waals surface area (Å²) in [6, 6.07) is -0.831. The molecule has 0 aromatic rings. The van der Waals surface area contributed by atoms with Crippen molar-refractivity contribution in [2.75, 3.05) is 13.2 Å². The molecule has 6 heteroatoms. The fourth-order valence-corrected chi connectivity index (χ4v) is 2.82. The van der Waals surface area contributed by atoms with Crippen LogP contribution in [0.2, 0.25) is 0 Å².